The number of aryl methyl sites for hydroxylation is 1. The summed E-state index contributed by atoms with van der Waals surface area (Å²) in [5.74, 6) is 0.640. The predicted octanol–water partition coefficient (Wildman–Crippen LogP) is 4.41. The van der Waals surface area contributed by atoms with Crippen LogP contribution in [0.5, 0.6) is 5.75 Å². The van der Waals surface area contributed by atoms with Gasteiger partial charge in [0.15, 0.2) is 11.6 Å². The Labute approximate surface area is 123 Å². The number of benzene rings is 2. The van der Waals surface area contributed by atoms with Crippen molar-refractivity contribution in [2.75, 3.05) is 12.3 Å². The molecule has 0 aliphatic rings. The zero-order chi connectivity index (χ0) is 14.5. The minimum absolute atomic E-state index is 0.258. The Hall–Kier alpha value is -1.68. The van der Waals surface area contributed by atoms with Crippen LogP contribution in [0, 0.1) is 12.7 Å². The largest absolute Gasteiger partial charge is 0.491 e. The molecule has 0 aromatic heterocycles. The average molecular weight is 291 g/mol. The summed E-state index contributed by atoms with van der Waals surface area (Å²) in [4.78, 5) is 0.844. The summed E-state index contributed by atoms with van der Waals surface area (Å²) in [6, 6.07) is 11.3. The van der Waals surface area contributed by atoms with Gasteiger partial charge in [0.1, 0.15) is 0 Å². The van der Waals surface area contributed by atoms with Crippen molar-refractivity contribution >= 4 is 17.4 Å². The number of halogens is 1. The lowest BCUT2D eigenvalue weighted by Gasteiger charge is -2.10. The molecule has 0 bridgehead atoms. The van der Waals surface area contributed by atoms with Crippen molar-refractivity contribution in [2.45, 2.75) is 24.5 Å². The molecule has 0 amide bonds. The highest BCUT2D eigenvalue weighted by atomic mass is 32.2. The van der Waals surface area contributed by atoms with Gasteiger partial charge in [-0.3, -0.25) is 0 Å². The number of hydrogen-bond acceptors (Lipinski definition) is 3. The maximum Gasteiger partial charge on any atom is 0.167 e. The van der Waals surface area contributed by atoms with Crippen molar-refractivity contribution < 1.29 is 9.13 Å². The third-order valence-electron chi connectivity index (χ3n) is 2.84. The van der Waals surface area contributed by atoms with E-state index in [2.05, 4.69) is 25.1 Å². The van der Waals surface area contributed by atoms with Crippen molar-refractivity contribution in [3.05, 3.63) is 53.3 Å². The van der Waals surface area contributed by atoms with E-state index in [4.69, 9.17) is 10.5 Å². The van der Waals surface area contributed by atoms with E-state index in [1.807, 2.05) is 13.0 Å². The van der Waals surface area contributed by atoms with Gasteiger partial charge in [-0.2, -0.15) is 0 Å². The minimum Gasteiger partial charge on any atom is -0.491 e. The molecule has 0 atom stereocenters. The SMILES string of the molecule is CCOc1cc(SCc2cccc(C)c2)c(N)cc1F. The Morgan fingerprint density at radius 2 is 2.05 bits per heavy atom. The Balaban J connectivity index is 2.14. The number of anilines is 1. The summed E-state index contributed by atoms with van der Waals surface area (Å²) >= 11 is 1.59. The van der Waals surface area contributed by atoms with Gasteiger partial charge in [0.2, 0.25) is 0 Å². The molecular formula is C16H18FNOS. The molecule has 0 fully saturated rings. The molecule has 2 N–H and O–H groups in total. The molecule has 0 heterocycles. The summed E-state index contributed by atoms with van der Waals surface area (Å²) in [6.45, 7) is 4.33. The molecule has 106 valence electrons. The maximum atomic E-state index is 13.6. The molecular weight excluding hydrogens is 273 g/mol. The van der Waals surface area contributed by atoms with Gasteiger partial charge in [-0.05, 0) is 25.5 Å². The van der Waals surface area contributed by atoms with Crippen LogP contribution in [-0.4, -0.2) is 6.61 Å². The number of nitrogen functional groups attached to an aromatic ring is 1. The first-order valence-electron chi connectivity index (χ1n) is 6.50. The first kappa shape index (κ1) is 14.7. The lowest BCUT2D eigenvalue weighted by molar-refractivity contribution is 0.321. The van der Waals surface area contributed by atoms with Crippen molar-refractivity contribution in [3.8, 4) is 5.75 Å². The molecule has 2 nitrogen and oxygen atoms in total. The third-order valence-corrected chi connectivity index (χ3v) is 3.98. The Kier molecular flexibility index (Phi) is 4.90. The van der Waals surface area contributed by atoms with E-state index in [1.54, 1.807) is 17.8 Å². The highest BCUT2D eigenvalue weighted by Crippen LogP contribution is 2.33. The Morgan fingerprint density at radius 3 is 2.75 bits per heavy atom. The van der Waals surface area contributed by atoms with Crippen LogP contribution in [0.2, 0.25) is 0 Å². The molecule has 0 saturated carbocycles. The third kappa shape index (κ3) is 3.67. The second kappa shape index (κ2) is 6.66. The zero-order valence-electron chi connectivity index (χ0n) is 11.7. The van der Waals surface area contributed by atoms with Crippen molar-refractivity contribution in [1.29, 1.82) is 0 Å². The smallest absolute Gasteiger partial charge is 0.167 e. The molecule has 0 saturated heterocycles. The van der Waals surface area contributed by atoms with Gasteiger partial charge >= 0.3 is 0 Å². The monoisotopic (exact) mass is 291 g/mol. The van der Waals surface area contributed by atoms with Gasteiger partial charge in [-0.15, -0.1) is 11.8 Å². The zero-order valence-corrected chi connectivity index (χ0v) is 12.5. The van der Waals surface area contributed by atoms with Crippen LogP contribution < -0.4 is 10.5 Å². The van der Waals surface area contributed by atoms with Crippen LogP contribution in [0.3, 0.4) is 0 Å². The standard InChI is InChI=1S/C16H18FNOS/c1-3-19-15-9-16(14(18)8-13(15)17)20-10-12-6-4-5-11(2)7-12/h4-9H,3,10,18H2,1-2H3. The van der Waals surface area contributed by atoms with E-state index in [9.17, 15) is 4.39 Å². The molecule has 2 aromatic carbocycles. The fourth-order valence-corrected chi connectivity index (χ4v) is 2.82. The molecule has 2 rings (SSSR count). The van der Waals surface area contributed by atoms with E-state index >= 15 is 0 Å². The Morgan fingerprint density at radius 1 is 1.25 bits per heavy atom. The molecule has 0 aliphatic carbocycles. The lowest BCUT2D eigenvalue weighted by atomic mass is 10.2. The van der Waals surface area contributed by atoms with Crippen LogP contribution in [0.4, 0.5) is 10.1 Å². The molecule has 2 aromatic rings. The summed E-state index contributed by atoms with van der Waals surface area (Å²) < 4.78 is 18.9. The van der Waals surface area contributed by atoms with Gasteiger partial charge in [0.05, 0.1) is 6.61 Å². The molecule has 0 spiro atoms. The van der Waals surface area contributed by atoms with Gasteiger partial charge in [0.25, 0.3) is 0 Å². The lowest BCUT2D eigenvalue weighted by Crippen LogP contribution is -1.98. The first-order chi connectivity index (χ1) is 9.60. The highest BCUT2D eigenvalue weighted by Gasteiger charge is 2.09. The number of hydrogen-bond donors (Lipinski definition) is 1. The fraction of sp³-hybridized carbons (Fsp3) is 0.250. The van der Waals surface area contributed by atoms with Crippen molar-refractivity contribution in [3.63, 3.8) is 0 Å². The van der Waals surface area contributed by atoms with E-state index in [1.165, 1.54) is 17.2 Å². The first-order valence-corrected chi connectivity index (χ1v) is 7.49. The van der Waals surface area contributed by atoms with Gasteiger partial charge in [-0.25, -0.2) is 4.39 Å². The molecule has 0 aliphatic heterocycles. The van der Waals surface area contributed by atoms with Gasteiger partial charge in [0, 0.05) is 22.4 Å². The van der Waals surface area contributed by atoms with E-state index in [0.29, 0.717) is 12.3 Å². The normalized spacial score (nSPS) is 10.6. The quantitative estimate of drug-likeness (QED) is 0.654. The van der Waals surface area contributed by atoms with E-state index in [0.717, 1.165) is 10.6 Å². The number of rotatable bonds is 5. The van der Waals surface area contributed by atoms with Crippen molar-refractivity contribution in [2.24, 2.45) is 0 Å². The maximum absolute atomic E-state index is 13.6. The molecule has 4 heteroatoms. The molecule has 0 radical (unpaired) electrons. The predicted molar refractivity (Wildman–Crippen MR) is 82.7 cm³/mol. The van der Waals surface area contributed by atoms with Crippen LogP contribution in [0.1, 0.15) is 18.1 Å². The second-order valence-corrected chi connectivity index (χ2v) is 5.55. The number of nitrogens with two attached hydrogens (primary N) is 1. The Bertz CT molecular complexity index is 601. The summed E-state index contributed by atoms with van der Waals surface area (Å²) in [7, 11) is 0. The summed E-state index contributed by atoms with van der Waals surface area (Å²) in [5, 5.41) is 0. The van der Waals surface area contributed by atoms with Crippen molar-refractivity contribution in [1.82, 2.24) is 0 Å². The molecule has 0 unspecified atom stereocenters. The molecule has 20 heavy (non-hydrogen) atoms. The van der Waals surface area contributed by atoms with Crippen LogP contribution >= 0.6 is 11.8 Å². The fourth-order valence-electron chi connectivity index (χ4n) is 1.90. The van der Waals surface area contributed by atoms with Gasteiger partial charge < -0.3 is 10.5 Å². The number of thioether (sulfide) groups is 1. The van der Waals surface area contributed by atoms with E-state index in [-0.39, 0.29) is 5.75 Å². The van der Waals surface area contributed by atoms with E-state index < -0.39 is 5.82 Å². The second-order valence-electron chi connectivity index (χ2n) is 4.53. The summed E-state index contributed by atoms with van der Waals surface area (Å²) in [5.41, 5.74) is 8.76. The topological polar surface area (TPSA) is 35.2 Å². The highest BCUT2D eigenvalue weighted by molar-refractivity contribution is 7.98. The average Bonchev–Trinajstić information content (AvgIpc) is 2.41. The minimum atomic E-state index is -0.413. The van der Waals surface area contributed by atoms with Gasteiger partial charge in [-0.1, -0.05) is 29.8 Å². The van der Waals surface area contributed by atoms with Crippen LogP contribution in [0.15, 0.2) is 41.3 Å². The number of ether oxygens (including phenoxy) is 1. The van der Waals surface area contributed by atoms with Crippen LogP contribution in [0.25, 0.3) is 0 Å². The van der Waals surface area contributed by atoms with Crippen LogP contribution in [-0.2, 0) is 5.75 Å². The summed E-state index contributed by atoms with van der Waals surface area (Å²) in [6.07, 6.45) is 0.